The van der Waals surface area contributed by atoms with Crippen molar-refractivity contribution in [3.05, 3.63) is 48.4 Å². The SMILES string of the molecule is O=C(Nc1cncc(F)c1)c1cnc2c(c1)ncn2C1CCOCC1. The second-order valence-corrected chi connectivity index (χ2v) is 5.91. The van der Waals surface area contributed by atoms with Crippen molar-refractivity contribution in [3.63, 3.8) is 0 Å². The van der Waals surface area contributed by atoms with E-state index in [1.807, 2.05) is 4.57 Å². The quantitative estimate of drug-likeness (QED) is 0.792. The van der Waals surface area contributed by atoms with Crippen LogP contribution in [0.3, 0.4) is 0 Å². The summed E-state index contributed by atoms with van der Waals surface area (Å²) < 4.78 is 20.6. The summed E-state index contributed by atoms with van der Waals surface area (Å²) in [6.07, 6.45) is 7.55. The van der Waals surface area contributed by atoms with Gasteiger partial charge in [-0.25, -0.2) is 14.4 Å². The second kappa shape index (κ2) is 6.56. The summed E-state index contributed by atoms with van der Waals surface area (Å²) in [6, 6.07) is 3.20. The van der Waals surface area contributed by atoms with E-state index in [0.29, 0.717) is 17.1 Å². The molecular weight excluding hydrogens is 325 g/mol. The Labute approximate surface area is 142 Å². The predicted octanol–water partition coefficient (Wildman–Crippen LogP) is 2.57. The maximum absolute atomic E-state index is 13.2. The van der Waals surface area contributed by atoms with Crippen LogP contribution in [-0.2, 0) is 4.74 Å². The number of rotatable bonds is 3. The van der Waals surface area contributed by atoms with Gasteiger partial charge in [-0.2, -0.15) is 0 Å². The molecule has 1 aliphatic heterocycles. The number of carbonyl (C=O) groups excluding carboxylic acids is 1. The molecule has 1 saturated heterocycles. The molecule has 0 spiro atoms. The zero-order valence-electron chi connectivity index (χ0n) is 13.4. The molecule has 0 saturated carbocycles. The van der Waals surface area contributed by atoms with E-state index in [9.17, 15) is 9.18 Å². The van der Waals surface area contributed by atoms with Crippen LogP contribution in [0.15, 0.2) is 37.1 Å². The molecule has 1 N–H and O–H groups in total. The smallest absolute Gasteiger partial charge is 0.257 e. The largest absolute Gasteiger partial charge is 0.381 e. The van der Waals surface area contributed by atoms with Crippen LogP contribution in [0.5, 0.6) is 0 Å². The average molecular weight is 341 g/mol. The maximum atomic E-state index is 13.2. The predicted molar refractivity (Wildman–Crippen MR) is 88.8 cm³/mol. The van der Waals surface area contributed by atoms with Crippen molar-refractivity contribution in [1.29, 1.82) is 0 Å². The Morgan fingerprint density at radius 1 is 1.20 bits per heavy atom. The van der Waals surface area contributed by atoms with Gasteiger partial charge in [0.25, 0.3) is 5.91 Å². The van der Waals surface area contributed by atoms with Crippen LogP contribution in [0.1, 0.15) is 29.2 Å². The molecule has 0 atom stereocenters. The molecule has 0 radical (unpaired) electrons. The normalized spacial score (nSPS) is 15.4. The highest BCUT2D eigenvalue weighted by molar-refractivity contribution is 6.05. The van der Waals surface area contributed by atoms with Crippen molar-refractivity contribution >= 4 is 22.8 Å². The number of fused-ring (bicyclic) bond motifs is 1. The summed E-state index contributed by atoms with van der Waals surface area (Å²) in [4.78, 5) is 24.8. The lowest BCUT2D eigenvalue weighted by Crippen LogP contribution is -2.19. The maximum Gasteiger partial charge on any atom is 0.257 e. The van der Waals surface area contributed by atoms with E-state index in [0.717, 1.165) is 37.9 Å². The Balaban J connectivity index is 1.58. The van der Waals surface area contributed by atoms with Crippen LogP contribution in [-0.4, -0.2) is 38.6 Å². The van der Waals surface area contributed by atoms with Gasteiger partial charge in [-0.1, -0.05) is 0 Å². The number of carbonyl (C=O) groups is 1. The Kier molecular flexibility index (Phi) is 4.10. The van der Waals surface area contributed by atoms with Crippen molar-refractivity contribution in [3.8, 4) is 0 Å². The molecule has 0 unspecified atom stereocenters. The zero-order chi connectivity index (χ0) is 17.2. The fourth-order valence-electron chi connectivity index (χ4n) is 2.96. The van der Waals surface area contributed by atoms with Crippen LogP contribution >= 0.6 is 0 Å². The first-order chi connectivity index (χ1) is 12.2. The van der Waals surface area contributed by atoms with E-state index in [2.05, 4.69) is 20.3 Å². The van der Waals surface area contributed by atoms with Crippen LogP contribution in [0.2, 0.25) is 0 Å². The summed E-state index contributed by atoms with van der Waals surface area (Å²) in [5.74, 6) is -0.899. The van der Waals surface area contributed by atoms with Gasteiger partial charge >= 0.3 is 0 Å². The van der Waals surface area contributed by atoms with Gasteiger partial charge in [0.2, 0.25) is 0 Å². The Hall–Kier alpha value is -2.87. The molecule has 0 aromatic carbocycles. The number of nitrogens with zero attached hydrogens (tertiary/aromatic N) is 4. The number of amides is 1. The summed E-state index contributed by atoms with van der Waals surface area (Å²) in [6.45, 7) is 1.46. The van der Waals surface area contributed by atoms with Gasteiger partial charge in [0, 0.05) is 31.5 Å². The van der Waals surface area contributed by atoms with E-state index >= 15 is 0 Å². The lowest BCUT2D eigenvalue weighted by molar-refractivity contribution is 0.0704. The summed E-state index contributed by atoms with van der Waals surface area (Å²) in [5.41, 5.74) is 2.04. The number of halogens is 1. The van der Waals surface area contributed by atoms with Gasteiger partial charge in [0.15, 0.2) is 5.65 Å². The molecule has 4 rings (SSSR count). The van der Waals surface area contributed by atoms with E-state index < -0.39 is 5.82 Å². The molecular formula is C17H16FN5O2. The van der Waals surface area contributed by atoms with E-state index in [1.54, 1.807) is 12.4 Å². The third-order valence-electron chi connectivity index (χ3n) is 4.22. The van der Waals surface area contributed by atoms with Gasteiger partial charge in [0.1, 0.15) is 11.3 Å². The summed E-state index contributed by atoms with van der Waals surface area (Å²) >= 11 is 0. The number of hydrogen-bond acceptors (Lipinski definition) is 5. The zero-order valence-corrected chi connectivity index (χ0v) is 13.4. The molecule has 0 bridgehead atoms. The lowest BCUT2D eigenvalue weighted by Gasteiger charge is -2.23. The van der Waals surface area contributed by atoms with Crippen LogP contribution in [0.25, 0.3) is 11.2 Å². The summed E-state index contributed by atoms with van der Waals surface area (Å²) in [5, 5.41) is 2.60. The van der Waals surface area contributed by atoms with Gasteiger partial charge in [0.05, 0.1) is 30.0 Å². The van der Waals surface area contributed by atoms with Crippen molar-refractivity contribution in [2.45, 2.75) is 18.9 Å². The number of nitrogens with one attached hydrogen (secondary N) is 1. The van der Waals surface area contributed by atoms with Gasteiger partial charge in [-0.15, -0.1) is 0 Å². The lowest BCUT2D eigenvalue weighted by atomic mass is 10.1. The van der Waals surface area contributed by atoms with Crippen molar-refractivity contribution < 1.29 is 13.9 Å². The number of anilines is 1. The van der Waals surface area contributed by atoms with Gasteiger partial charge in [-0.05, 0) is 18.9 Å². The van der Waals surface area contributed by atoms with E-state index in [1.165, 1.54) is 18.5 Å². The number of pyridine rings is 2. The van der Waals surface area contributed by atoms with Crippen LogP contribution in [0.4, 0.5) is 10.1 Å². The topological polar surface area (TPSA) is 81.9 Å². The first-order valence-corrected chi connectivity index (χ1v) is 8.03. The van der Waals surface area contributed by atoms with Gasteiger partial charge < -0.3 is 14.6 Å². The highest BCUT2D eigenvalue weighted by Crippen LogP contribution is 2.25. The minimum atomic E-state index is -0.512. The van der Waals surface area contributed by atoms with Crippen molar-refractivity contribution in [1.82, 2.24) is 19.5 Å². The minimum absolute atomic E-state index is 0.290. The molecule has 1 amide bonds. The molecule has 0 aliphatic carbocycles. The number of ether oxygens (including phenoxy) is 1. The van der Waals surface area contributed by atoms with Crippen LogP contribution in [0, 0.1) is 5.82 Å². The van der Waals surface area contributed by atoms with Crippen LogP contribution < -0.4 is 5.32 Å². The van der Waals surface area contributed by atoms with Crippen molar-refractivity contribution in [2.24, 2.45) is 0 Å². The van der Waals surface area contributed by atoms with Crippen molar-refractivity contribution in [2.75, 3.05) is 18.5 Å². The number of imidazole rings is 1. The third kappa shape index (κ3) is 3.20. The molecule has 128 valence electrons. The Bertz CT molecular complexity index is 920. The standard InChI is InChI=1S/C17H16FN5O2/c18-12-6-13(9-19-8-12)22-17(24)11-5-15-16(20-7-11)23(10-21-15)14-1-3-25-4-2-14/h5-10,14H,1-4H2,(H,22,24). The molecule has 1 fully saturated rings. The fourth-order valence-corrected chi connectivity index (χ4v) is 2.96. The summed E-state index contributed by atoms with van der Waals surface area (Å²) in [7, 11) is 0. The Morgan fingerprint density at radius 3 is 2.84 bits per heavy atom. The third-order valence-corrected chi connectivity index (χ3v) is 4.22. The number of aromatic nitrogens is 4. The molecule has 8 heteroatoms. The first-order valence-electron chi connectivity index (χ1n) is 8.03. The highest BCUT2D eigenvalue weighted by atomic mass is 19.1. The molecule has 3 aromatic rings. The van der Waals surface area contributed by atoms with Gasteiger partial charge in [-0.3, -0.25) is 9.78 Å². The van der Waals surface area contributed by atoms with E-state index in [4.69, 9.17) is 4.74 Å². The minimum Gasteiger partial charge on any atom is -0.381 e. The molecule has 7 nitrogen and oxygen atoms in total. The highest BCUT2D eigenvalue weighted by Gasteiger charge is 2.19. The molecule has 25 heavy (non-hydrogen) atoms. The average Bonchev–Trinajstić information content (AvgIpc) is 3.05. The second-order valence-electron chi connectivity index (χ2n) is 5.91. The first kappa shape index (κ1) is 15.6. The molecule has 4 heterocycles. The monoisotopic (exact) mass is 341 g/mol. The number of hydrogen-bond donors (Lipinski definition) is 1. The van der Waals surface area contributed by atoms with E-state index in [-0.39, 0.29) is 11.6 Å². The molecule has 1 aliphatic rings. The fraction of sp³-hybridized carbons (Fsp3) is 0.294. The Morgan fingerprint density at radius 2 is 2.04 bits per heavy atom. The molecule has 3 aromatic heterocycles.